The second kappa shape index (κ2) is 8.32. The summed E-state index contributed by atoms with van der Waals surface area (Å²) in [6, 6.07) is 3.65. The highest BCUT2D eigenvalue weighted by Crippen LogP contribution is 2.66. The number of aliphatic hydroxyl groups is 1. The van der Waals surface area contributed by atoms with Crippen LogP contribution >= 0.6 is 11.8 Å². The van der Waals surface area contributed by atoms with Gasteiger partial charge in [0.1, 0.15) is 18.0 Å². The molecule has 4 rings (SSSR count). The topological polar surface area (TPSA) is 93.6 Å². The minimum absolute atomic E-state index is 0.0438. The molecule has 0 radical (unpaired) electrons. The Morgan fingerprint density at radius 3 is 2.65 bits per heavy atom. The highest BCUT2D eigenvalue weighted by Gasteiger charge is 2.67. The highest BCUT2D eigenvalue weighted by molar-refractivity contribution is 8.00. The number of aliphatic hydroxyl groups excluding tert-OH is 1. The number of thioether (sulfide) groups is 1. The van der Waals surface area contributed by atoms with Crippen LogP contribution in [-0.4, -0.2) is 45.6 Å². The monoisotopic (exact) mass is 445 g/mol. The van der Waals surface area contributed by atoms with Crippen LogP contribution in [0.3, 0.4) is 0 Å². The van der Waals surface area contributed by atoms with Crippen LogP contribution in [0, 0.1) is 28.6 Å². The Balaban J connectivity index is 1.64. The summed E-state index contributed by atoms with van der Waals surface area (Å²) in [5, 5.41) is 10.8. The zero-order valence-electron chi connectivity index (χ0n) is 18.4. The van der Waals surface area contributed by atoms with Crippen LogP contribution in [-0.2, 0) is 19.1 Å². The Bertz CT molecular complexity index is 876. The summed E-state index contributed by atoms with van der Waals surface area (Å²) >= 11 is 1.35. The third-order valence-electron chi connectivity index (χ3n) is 8.53. The number of rotatable bonds is 4. The van der Waals surface area contributed by atoms with Crippen molar-refractivity contribution in [1.82, 2.24) is 4.98 Å². The molecule has 3 aliphatic rings. The number of carbonyl (C=O) groups is 3. The molecule has 6 nitrogen and oxygen atoms in total. The van der Waals surface area contributed by atoms with Gasteiger partial charge >= 0.3 is 5.97 Å². The maximum atomic E-state index is 13.2. The number of hydrogen-bond acceptors (Lipinski definition) is 7. The molecule has 2 bridgehead atoms. The van der Waals surface area contributed by atoms with Crippen LogP contribution in [0.25, 0.3) is 0 Å². The SMILES string of the molecule is C[C@@H]1CC[C@@]23CCC(=O)[C@H]2[C@]1(C)[C@@H](OC(=O)CSc1ccncc1)CC(=O)[C@@H](O)[C@@H]3C. The number of aromatic nitrogens is 1. The van der Waals surface area contributed by atoms with E-state index in [1.165, 1.54) is 11.8 Å². The fourth-order valence-corrected chi connectivity index (χ4v) is 7.22. The molecule has 0 unspecified atom stereocenters. The van der Waals surface area contributed by atoms with E-state index in [0.717, 1.165) is 17.7 Å². The molecular weight excluding hydrogens is 414 g/mol. The molecule has 1 aromatic rings. The van der Waals surface area contributed by atoms with Crippen molar-refractivity contribution in [2.75, 3.05) is 5.75 Å². The minimum atomic E-state index is -1.13. The van der Waals surface area contributed by atoms with E-state index >= 15 is 0 Å². The van der Waals surface area contributed by atoms with E-state index in [1.807, 2.05) is 26.0 Å². The molecule has 3 saturated carbocycles. The molecule has 7 heteroatoms. The Kier molecular flexibility index (Phi) is 6.03. The molecule has 0 spiro atoms. The second-order valence-electron chi connectivity index (χ2n) is 9.79. The van der Waals surface area contributed by atoms with E-state index in [9.17, 15) is 19.5 Å². The molecule has 7 atom stereocenters. The molecule has 0 saturated heterocycles. The smallest absolute Gasteiger partial charge is 0.316 e. The Morgan fingerprint density at radius 2 is 1.94 bits per heavy atom. The number of Topliss-reactive ketones (excluding diaryl/α,β-unsaturated/α-hetero) is 2. The van der Waals surface area contributed by atoms with Gasteiger partial charge in [0.05, 0.1) is 5.75 Å². The zero-order valence-corrected chi connectivity index (χ0v) is 19.2. The largest absolute Gasteiger partial charge is 0.461 e. The fourth-order valence-electron chi connectivity index (χ4n) is 6.56. The first-order chi connectivity index (χ1) is 14.7. The van der Waals surface area contributed by atoms with Crippen LogP contribution in [0.5, 0.6) is 0 Å². The maximum Gasteiger partial charge on any atom is 0.316 e. The summed E-state index contributed by atoms with van der Waals surface area (Å²) in [6.45, 7) is 6.06. The van der Waals surface area contributed by atoms with Gasteiger partial charge in [0.2, 0.25) is 0 Å². The third kappa shape index (κ3) is 3.63. The summed E-state index contributed by atoms with van der Waals surface area (Å²) < 4.78 is 5.96. The fraction of sp³-hybridized carbons (Fsp3) is 0.667. The van der Waals surface area contributed by atoms with Crippen molar-refractivity contribution >= 4 is 29.3 Å². The number of ether oxygens (including phenoxy) is 1. The summed E-state index contributed by atoms with van der Waals surface area (Å²) in [5.41, 5.74) is -1.02. The van der Waals surface area contributed by atoms with Gasteiger partial charge in [-0.05, 0) is 48.6 Å². The number of hydrogen-bond donors (Lipinski definition) is 1. The van der Waals surface area contributed by atoms with Crippen molar-refractivity contribution in [1.29, 1.82) is 0 Å². The van der Waals surface area contributed by atoms with Crippen molar-refractivity contribution in [3.8, 4) is 0 Å². The summed E-state index contributed by atoms with van der Waals surface area (Å²) in [6.07, 6.45) is 4.33. The van der Waals surface area contributed by atoms with Gasteiger partial charge in [-0.3, -0.25) is 19.4 Å². The molecule has 0 aliphatic heterocycles. The lowest BCUT2D eigenvalue weighted by Gasteiger charge is -2.59. The van der Waals surface area contributed by atoms with Gasteiger partial charge in [-0.15, -0.1) is 11.8 Å². The lowest BCUT2D eigenvalue weighted by atomic mass is 9.46. The van der Waals surface area contributed by atoms with E-state index in [4.69, 9.17) is 4.74 Å². The van der Waals surface area contributed by atoms with Gasteiger partial charge in [-0.1, -0.05) is 20.8 Å². The molecule has 1 heterocycles. The number of nitrogens with zero attached hydrogens (tertiary/aromatic N) is 1. The van der Waals surface area contributed by atoms with Crippen molar-refractivity contribution in [2.24, 2.45) is 28.6 Å². The maximum absolute atomic E-state index is 13.2. The summed E-state index contributed by atoms with van der Waals surface area (Å²) in [7, 11) is 0. The Morgan fingerprint density at radius 1 is 1.23 bits per heavy atom. The Labute approximate surface area is 187 Å². The van der Waals surface area contributed by atoms with Crippen LogP contribution in [0.2, 0.25) is 0 Å². The molecule has 1 N–H and O–H groups in total. The van der Waals surface area contributed by atoms with E-state index in [0.29, 0.717) is 12.8 Å². The Hall–Kier alpha value is -1.73. The van der Waals surface area contributed by atoms with Crippen LogP contribution in [0.1, 0.15) is 52.9 Å². The first-order valence-electron chi connectivity index (χ1n) is 11.2. The van der Waals surface area contributed by atoms with Gasteiger partial charge in [0.15, 0.2) is 5.78 Å². The predicted octanol–water partition coefficient (Wildman–Crippen LogP) is 3.46. The zero-order chi connectivity index (χ0) is 22.4. The van der Waals surface area contributed by atoms with Gasteiger partial charge in [-0.25, -0.2) is 0 Å². The van der Waals surface area contributed by atoms with Crippen molar-refractivity contribution in [3.05, 3.63) is 24.5 Å². The first kappa shape index (κ1) is 22.5. The lowest BCUT2D eigenvalue weighted by Crippen LogP contribution is -2.61. The van der Waals surface area contributed by atoms with Crippen LogP contribution in [0.15, 0.2) is 29.4 Å². The summed E-state index contributed by atoms with van der Waals surface area (Å²) in [5.74, 6) is -0.832. The third-order valence-corrected chi connectivity index (χ3v) is 9.52. The lowest BCUT2D eigenvalue weighted by molar-refractivity contribution is -0.192. The van der Waals surface area contributed by atoms with Gasteiger partial charge < -0.3 is 9.84 Å². The van der Waals surface area contributed by atoms with Crippen molar-refractivity contribution < 1.29 is 24.2 Å². The van der Waals surface area contributed by atoms with E-state index in [2.05, 4.69) is 11.9 Å². The molecule has 0 aromatic carbocycles. The molecule has 1 aromatic heterocycles. The highest BCUT2D eigenvalue weighted by atomic mass is 32.2. The van der Waals surface area contributed by atoms with Gasteiger partial charge in [-0.2, -0.15) is 0 Å². The standard InChI is InChI=1S/C24H31NO5S/c1-14-4-8-24-9-5-17(26)22(24)23(14,3)19(12-18(27)21(29)15(24)2)30-20(28)13-31-16-6-10-25-11-7-16/h6-7,10-11,14-15,19,21-22,29H,4-5,8-9,12-13H2,1-3H3/t14-,15+,19+,21+,22+,23+,24+/m1/s1. The van der Waals surface area contributed by atoms with E-state index in [1.54, 1.807) is 12.4 Å². The van der Waals surface area contributed by atoms with Crippen LogP contribution < -0.4 is 0 Å². The molecule has 31 heavy (non-hydrogen) atoms. The van der Waals surface area contributed by atoms with E-state index < -0.39 is 29.0 Å². The van der Waals surface area contributed by atoms with Crippen molar-refractivity contribution in [3.63, 3.8) is 0 Å². The average Bonchev–Trinajstić information content (AvgIpc) is 3.12. The molecule has 3 aliphatic carbocycles. The number of esters is 1. The predicted molar refractivity (Wildman–Crippen MR) is 116 cm³/mol. The van der Waals surface area contributed by atoms with Gasteiger partial charge in [0.25, 0.3) is 0 Å². The molecular formula is C24H31NO5S. The van der Waals surface area contributed by atoms with Gasteiger partial charge in [0, 0.05) is 41.5 Å². The number of ketones is 2. The number of pyridine rings is 1. The second-order valence-corrected chi connectivity index (χ2v) is 10.8. The van der Waals surface area contributed by atoms with E-state index in [-0.39, 0.29) is 41.5 Å². The molecule has 168 valence electrons. The normalized spacial score (nSPS) is 40.1. The quantitative estimate of drug-likeness (QED) is 0.560. The number of carbonyl (C=O) groups excluding carboxylic acids is 3. The average molecular weight is 446 g/mol. The first-order valence-corrected chi connectivity index (χ1v) is 12.1. The minimum Gasteiger partial charge on any atom is -0.461 e. The molecule has 3 fully saturated rings. The van der Waals surface area contributed by atoms with Crippen LogP contribution in [0.4, 0.5) is 0 Å². The molecule has 0 amide bonds. The summed E-state index contributed by atoms with van der Waals surface area (Å²) in [4.78, 5) is 43.8. The van der Waals surface area contributed by atoms with Crippen molar-refractivity contribution in [2.45, 2.75) is 70.0 Å².